The van der Waals surface area contributed by atoms with Gasteiger partial charge < -0.3 is 16.0 Å². The fraction of sp³-hybridized carbons (Fsp3) is 0.370. The summed E-state index contributed by atoms with van der Waals surface area (Å²) in [5.74, 6) is -0.150. The van der Waals surface area contributed by atoms with Gasteiger partial charge in [-0.15, -0.1) is 5.10 Å². The fourth-order valence-corrected chi connectivity index (χ4v) is 5.97. The van der Waals surface area contributed by atoms with Crippen molar-refractivity contribution in [3.63, 3.8) is 0 Å². The Kier molecular flexibility index (Phi) is 6.25. The smallest absolute Gasteiger partial charge is 0.259 e. The number of nitrogens with zero attached hydrogens (tertiary/aromatic N) is 6. The third-order valence-corrected chi connectivity index (χ3v) is 8.32. The molecule has 2 aliphatic rings. The summed E-state index contributed by atoms with van der Waals surface area (Å²) in [6.07, 6.45) is 8.33. The number of aryl methyl sites for hydroxylation is 1. The van der Waals surface area contributed by atoms with Crippen molar-refractivity contribution in [3.05, 3.63) is 59.0 Å². The number of sulfonamides is 1. The highest BCUT2D eigenvalue weighted by molar-refractivity contribution is 7.92. The predicted molar refractivity (Wildman–Crippen MR) is 152 cm³/mol. The summed E-state index contributed by atoms with van der Waals surface area (Å²) in [5, 5.41) is 11.3. The average molecular weight is 578 g/mol. The van der Waals surface area contributed by atoms with E-state index >= 15 is 0 Å². The second-order valence-corrected chi connectivity index (χ2v) is 12.7. The molecule has 0 unspecified atom stereocenters. The highest BCUT2D eigenvalue weighted by Crippen LogP contribution is 2.41. The zero-order valence-electron chi connectivity index (χ0n) is 23.1. The van der Waals surface area contributed by atoms with E-state index in [0.717, 1.165) is 24.7 Å². The summed E-state index contributed by atoms with van der Waals surface area (Å²) in [6, 6.07) is 4.87. The van der Waals surface area contributed by atoms with Gasteiger partial charge in [0.2, 0.25) is 10.0 Å². The second-order valence-electron chi connectivity index (χ2n) is 10.9. The molecule has 13 nitrogen and oxygen atoms in total. The van der Waals surface area contributed by atoms with Crippen molar-refractivity contribution < 1.29 is 18.0 Å². The molecule has 1 fully saturated rings. The fourth-order valence-electron chi connectivity index (χ4n) is 5.41. The van der Waals surface area contributed by atoms with Gasteiger partial charge in [-0.3, -0.25) is 19.0 Å². The van der Waals surface area contributed by atoms with Crippen molar-refractivity contribution in [2.45, 2.75) is 45.3 Å². The molecule has 6 rings (SSSR count). The molecule has 4 heterocycles. The summed E-state index contributed by atoms with van der Waals surface area (Å²) in [5.41, 5.74) is 9.66. The molecule has 1 aliphatic heterocycles. The predicted octanol–water partition coefficient (Wildman–Crippen LogP) is 2.33. The number of nitrogens with one attached hydrogen (secondary N) is 2. The van der Waals surface area contributed by atoms with E-state index in [1.54, 1.807) is 41.2 Å². The number of amides is 2. The highest BCUT2D eigenvalue weighted by Gasteiger charge is 2.40. The maximum atomic E-state index is 13.4. The largest absolute Gasteiger partial charge is 0.381 e. The molecule has 4 aromatic rings. The Bertz CT molecular complexity index is 1820. The summed E-state index contributed by atoms with van der Waals surface area (Å²) < 4.78 is 30.1. The van der Waals surface area contributed by atoms with Crippen molar-refractivity contribution >= 4 is 39.0 Å². The summed E-state index contributed by atoms with van der Waals surface area (Å²) in [7, 11) is -1.88. The molecule has 0 saturated heterocycles. The Balaban J connectivity index is 1.39. The topological polar surface area (TPSA) is 170 Å². The molecular formula is C27H31N9O4S. The quantitative estimate of drug-likeness (QED) is 0.287. The van der Waals surface area contributed by atoms with Crippen LogP contribution in [-0.2, 0) is 23.6 Å². The van der Waals surface area contributed by atoms with Crippen LogP contribution in [0.5, 0.6) is 0 Å². The first-order valence-electron chi connectivity index (χ1n) is 13.3. The SMILES string of the molecule is C[C@@H](NC(=O)c1c(N)nn2ccc(-c3cc4c(c(NS(C)(=O)=O)c3)C(=O)N([C@@H](C)C3CC3)C4)nc12)c1cnn(C)c1. The minimum Gasteiger partial charge on any atom is -0.381 e. The van der Waals surface area contributed by atoms with Crippen LogP contribution in [0.15, 0.2) is 36.8 Å². The number of carbonyl (C=O) groups excluding carboxylic acids is 2. The number of hydrogen-bond acceptors (Lipinski definition) is 8. The van der Waals surface area contributed by atoms with Crippen LogP contribution in [0.2, 0.25) is 0 Å². The average Bonchev–Trinajstić information content (AvgIpc) is 3.44. The molecule has 3 aromatic heterocycles. The van der Waals surface area contributed by atoms with E-state index in [1.807, 2.05) is 26.1 Å². The maximum absolute atomic E-state index is 13.4. The Morgan fingerprint density at radius 3 is 2.63 bits per heavy atom. The van der Waals surface area contributed by atoms with Gasteiger partial charge in [-0.05, 0) is 56.4 Å². The Labute approximate surface area is 236 Å². The second kappa shape index (κ2) is 9.58. The van der Waals surface area contributed by atoms with Gasteiger partial charge in [-0.2, -0.15) is 5.10 Å². The molecule has 0 bridgehead atoms. The lowest BCUT2D eigenvalue weighted by molar-refractivity contribution is 0.0698. The molecule has 41 heavy (non-hydrogen) atoms. The Hall–Kier alpha value is -4.46. The van der Waals surface area contributed by atoms with Gasteiger partial charge >= 0.3 is 0 Å². The van der Waals surface area contributed by atoms with Crippen LogP contribution in [0.3, 0.4) is 0 Å². The van der Waals surface area contributed by atoms with Gasteiger partial charge in [0.15, 0.2) is 11.5 Å². The van der Waals surface area contributed by atoms with E-state index < -0.39 is 15.9 Å². The Morgan fingerprint density at radius 1 is 1.22 bits per heavy atom. The van der Waals surface area contributed by atoms with Gasteiger partial charge in [-0.1, -0.05) is 0 Å². The van der Waals surface area contributed by atoms with Gasteiger partial charge in [0.1, 0.15) is 5.56 Å². The lowest BCUT2D eigenvalue weighted by atomic mass is 10.0. The molecule has 4 N–H and O–H groups in total. The lowest BCUT2D eigenvalue weighted by Gasteiger charge is -2.24. The van der Waals surface area contributed by atoms with Crippen LogP contribution in [-0.4, -0.2) is 61.8 Å². The minimum absolute atomic E-state index is 0.0224. The third kappa shape index (κ3) is 4.99. The lowest BCUT2D eigenvalue weighted by Crippen LogP contribution is -2.34. The first-order valence-corrected chi connectivity index (χ1v) is 15.2. The standard InChI is InChI=1S/C27H31N9O4S/c1-14(19-11-29-34(3)12-19)30-26(37)23-24(28)32-36-8-7-20(31-25(23)36)17-9-18-13-35(15(2)16-5-6-16)27(38)22(18)21(10-17)33-41(4,39)40/h7-12,14-16,33H,5-6,13H2,1-4H3,(H2,28,32)(H,30,37)/t14-,15+/m1/s1. The normalized spacial score (nSPS) is 16.6. The van der Waals surface area contributed by atoms with E-state index in [4.69, 9.17) is 10.7 Å². The molecule has 2 atom stereocenters. The third-order valence-electron chi connectivity index (χ3n) is 7.73. The monoisotopic (exact) mass is 577 g/mol. The summed E-state index contributed by atoms with van der Waals surface area (Å²) >= 11 is 0. The van der Waals surface area contributed by atoms with Crippen molar-refractivity contribution in [1.29, 1.82) is 0 Å². The molecule has 0 spiro atoms. The zero-order valence-corrected chi connectivity index (χ0v) is 23.9. The van der Waals surface area contributed by atoms with Gasteiger partial charge in [0.05, 0.1) is 35.4 Å². The van der Waals surface area contributed by atoms with Crippen molar-refractivity contribution in [2.75, 3.05) is 16.7 Å². The molecule has 0 radical (unpaired) electrons. The number of nitrogens with two attached hydrogens (primary N) is 1. The van der Waals surface area contributed by atoms with E-state index in [9.17, 15) is 18.0 Å². The number of carbonyl (C=O) groups is 2. The van der Waals surface area contributed by atoms with E-state index in [0.29, 0.717) is 34.8 Å². The minimum atomic E-state index is -3.68. The number of nitrogen functional groups attached to an aromatic ring is 1. The number of anilines is 2. The molecule has 1 aromatic carbocycles. The number of rotatable bonds is 8. The van der Waals surface area contributed by atoms with Crippen LogP contribution >= 0.6 is 0 Å². The Morgan fingerprint density at radius 2 is 1.98 bits per heavy atom. The molecule has 2 amide bonds. The summed E-state index contributed by atoms with van der Waals surface area (Å²) in [6.45, 7) is 4.25. The van der Waals surface area contributed by atoms with Gasteiger partial charge in [0, 0.05) is 43.2 Å². The van der Waals surface area contributed by atoms with Crippen LogP contribution in [0.4, 0.5) is 11.5 Å². The van der Waals surface area contributed by atoms with Gasteiger partial charge in [-0.25, -0.2) is 17.9 Å². The van der Waals surface area contributed by atoms with Gasteiger partial charge in [0.25, 0.3) is 11.8 Å². The first-order chi connectivity index (χ1) is 19.4. The molecule has 214 valence electrons. The molecule has 1 saturated carbocycles. The maximum Gasteiger partial charge on any atom is 0.259 e. The van der Waals surface area contributed by atoms with Crippen LogP contribution in [0.1, 0.15) is 64.6 Å². The first kappa shape index (κ1) is 26.7. The number of aromatic nitrogens is 5. The molecule has 1 aliphatic carbocycles. The highest BCUT2D eigenvalue weighted by atomic mass is 32.2. The van der Waals surface area contributed by atoms with Crippen molar-refractivity contribution in [1.82, 2.24) is 34.6 Å². The van der Waals surface area contributed by atoms with Crippen molar-refractivity contribution in [2.24, 2.45) is 13.0 Å². The van der Waals surface area contributed by atoms with Crippen LogP contribution in [0.25, 0.3) is 16.9 Å². The van der Waals surface area contributed by atoms with Crippen LogP contribution < -0.4 is 15.8 Å². The number of hydrogen-bond donors (Lipinski definition) is 3. The summed E-state index contributed by atoms with van der Waals surface area (Å²) in [4.78, 5) is 33.2. The van der Waals surface area contributed by atoms with E-state index in [1.165, 1.54) is 4.52 Å². The van der Waals surface area contributed by atoms with E-state index in [2.05, 4.69) is 20.2 Å². The zero-order chi connectivity index (χ0) is 29.2. The number of benzene rings is 1. The van der Waals surface area contributed by atoms with Crippen LogP contribution in [0, 0.1) is 5.92 Å². The molecular weight excluding hydrogens is 546 g/mol. The number of fused-ring (bicyclic) bond motifs is 2. The molecule has 14 heteroatoms. The van der Waals surface area contributed by atoms with E-state index in [-0.39, 0.29) is 40.7 Å². The van der Waals surface area contributed by atoms with Crippen molar-refractivity contribution in [3.8, 4) is 11.3 Å².